The van der Waals surface area contributed by atoms with Crippen molar-refractivity contribution in [2.75, 3.05) is 6.54 Å². The number of piperidine rings is 1. The van der Waals surface area contributed by atoms with Crippen LogP contribution in [0.4, 0.5) is 0 Å². The fourth-order valence-corrected chi connectivity index (χ4v) is 3.49. The minimum Gasteiger partial charge on any atom is -0.481 e. The number of aromatic nitrogens is 2. The standard InChI is InChI=1S/C19H23N3O3/c1-13-16(19(24)25)9-6-10-21(13)18(23)17-11-20-22(14(17)2)12-15-7-4-3-5-8-15/h3-5,7-8,11,13,16H,6,9-10,12H2,1-2H3,(H,24,25)/t13-,16-/m1/s1. The first-order chi connectivity index (χ1) is 12.0. The van der Waals surface area contributed by atoms with Crippen LogP contribution in [-0.2, 0) is 11.3 Å². The van der Waals surface area contributed by atoms with Crippen molar-refractivity contribution in [2.24, 2.45) is 5.92 Å². The first kappa shape index (κ1) is 17.2. The quantitative estimate of drug-likeness (QED) is 0.927. The number of benzene rings is 1. The summed E-state index contributed by atoms with van der Waals surface area (Å²) < 4.78 is 1.81. The Balaban J connectivity index is 1.80. The number of rotatable bonds is 4. The Hall–Kier alpha value is -2.63. The Morgan fingerprint density at radius 1 is 1.28 bits per heavy atom. The van der Waals surface area contributed by atoms with Gasteiger partial charge in [-0.15, -0.1) is 0 Å². The molecule has 1 aliphatic rings. The van der Waals surface area contributed by atoms with E-state index >= 15 is 0 Å². The van der Waals surface area contributed by atoms with Gasteiger partial charge in [0.25, 0.3) is 5.91 Å². The van der Waals surface area contributed by atoms with Crippen LogP contribution < -0.4 is 0 Å². The summed E-state index contributed by atoms with van der Waals surface area (Å²) in [6, 6.07) is 9.64. The number of carboxylic acid groups (broad SMARTS) is 1. The van der Waals surface area contributed by atoms with Gasteiger partial charge in [-0.3, -0.25) is 14.3 Å². The number of hydrogen-bond acceptors (Lipinski definition) is 3. The maximum absolute atomic E-state index is 12.9. The molecular formula is C19H23N3O3. The van der Waals surface area contributed by atoms with E-state index in [1.807, 2.05) is 48.9 Å². The van der Waals surface area contributed by atoms with Crippen molar-refractivity contribution in [2.45, 2.75) is 39.3 Å². The molecule has 2 atom stereocenters. The van der Waals surface area contributed by atoms with E-state index in [4.69, 9.17) is 0 Å². The average Bonchev–Trinajstić information content (AvgIpc) is 2.96. The summed E-state index contributed by atoms with van der Waals surface area (Å²) in [4.78, 5) is 26.0. The predicted molar refractivity (Wildman–Crippen MR) is 93.4 cm³/mol. The van der Waals surface area contributed by atoms with Crippen LogP contribution >= 0.6 is 0 Å². The van der Waals surface area contributed by atoms with E-state index in [0.29, 0.717) is 31.5 Å². The topological polar surface area (TPSA) is 75.4 Å². The lowest BCUT2D eigenvalue weighted by Crippen LogP contribution is -2.49. The van der Waals surface area contributed by atoms with Crippen LogP contribution in [0.2, 0.25) is 0 Å². The van der Waals surface area contributed by atoms with Crippen molar-refractivity contribution in [3.8, 4) is 0 Å². The summed E-state index contributed by atoms with van der Waals surface area (Å²) in [6.45, 7) is 4.90. The highest BCUT2D eigenvalue weighted by Crippen LogP contribution is 2.26. The molecule has 1 aliphatic heterocycles. The summed E-state index contributed by atoms with van der Waals surface area (Å²) in [6.07, 6.45) is 2.93. The van der Waals surface area contributed by atoms with Crippen LogP contribution in [0.15, 0.2) is 36.5 Å². The smallest absolute Gasteiger partial charge is 0.308 e. The lowest BCUT2D eigenvalue weighted by atomic mass is 9.90. The highest BCUT2D eigenvalue weighted by molar-refractivity contribution is 5.95. The van der Waals surface area contributed by atoms with E-state index in [2.05, 4.69) is 5.10 Å². The normalized spacial score (nSPS) is 20.5. The van der Waals surface area contributed by atoms with Crippen molar-refractivity contribution in [1.29, 1.82) is 0 Å². The molecule has 3 rings (SSSR count). The van der Waals surface area contributed by atoms with E-state index in [1.54, 1.807) is 11.1 Å². The third-order valence-electron chi connectivity index (χ3n) is 5.07. The fourth-order valence-electron chi connectivity index (χ4n) is 3.49. The van der Waals surface area contributed by atoms with Crippen molar-refractivity contribution >= 4 is 11.9 Å². The number of likely N-dealkylation sites (tertiary alicyclic amines) is 1. The molecule has 0 bridgehead atoms. The summed E-state index contributed by atoms with van der Waals surface area (Å²) in [5, 5.41) is 13.7. The second-order valence-electron chi connectivity index (χ2n) is 6.61. The van der Waals surface area contributed by atoms with Gasteiger partial charge in [0.1, 0.15) is 0 Å². The largest absolute Gasteiger partial charge is 0.481 e. The molecule has 1 N–H and O–H groups in total. The van der Waals surface area contributed by atoms with E-state index in [-0.39, 0.29) is 11.9 Å². The number of carbonyl (C=O) groups excluding carboxylic acids is 1. The van der Waals surface area contributed by atoms with Gasteiger partial charge in [-0.1, -0.05) is 30.3 Å². The van der Waals surface area contributed by atoms with E-state index in [0.717, 1.165) is 11.3 Å². The zero-order valence-electron chi connectivity index (χ0n) is 14.6. The van der Waals surface area contributed by atoms with Crippen LogP contribution in [0.25, 0.3) is 0 Å². The zero-order valence-corrected chi connectivity index (χ0v) is 14.6. The molecule has 1 saturated heterocycles. The van der Waals surface area contributed by atoms with Gasteiger partial charge in [-0.2, -0.15) is 5.10 Å². The molecule has 0 saturated carbocycles. The van der Waals surface area contributed by atoms with Crippen molar-refractivity contribution < 1.29 is 14.7 Å². The summed E-state index contributed by atoms with van der Waals surface area (Å²) in [5.74, 6) is -1.46. The van der Waals surface area contributed by atoms with Crippen LogP contribution in [0, 0.1) is 12.8 Å². The molecule has 0 unspecified atom stereocenters. The molecule has 6 nitrogen and oxygen atoms in total. The monoisotopic (exact) mass is 341 g/mol. The molecule has 0 spiro atoms. The minimum absolute atomic E-state index is 0.129. The SMILES string of the molecule is Cc1c(C(=O)N2CCC[C@@H](C(=O)O)[C@H]2C)cnn1Cc1ccccc1. The van der Waals surface area contributed by atoms with Crippen molar-refractivity contribution in [1.82, 2.24) is 14.7 Å². The molecule has 1 aromatic carbocycles. The molecule has 6 heteroatoms. The fraction of sp³-hybridized carbons (Fsp3) is 0.421. The molecule has 2 aromatic rings. The summed E-state index contributed by atoms with van der Waals surface area (Å²) in [7, 11) is 0. The third kappa shape index (κ3) is 3.43. The summed E-state index contributed by atoms with van der Waals surface area (Å²) >= 11 is 0. The van der Waals surface area contributed by atoms with Crippen LogP contribution in [0.3, 0.4) is 0 Å². The summed E-state index contributed by atoms with van der Waals surface area (Å²) in [5.41, 5.74) is 2.47. The van der Waals surface area contributed by atoms with Gasteiger partial charge in [0.15, 0.2) is 0 Å². The Labute approximate surface area is 147 Å². The maximum Gasteiger partial charge on any atom is 0.308 e. The Morgan fingerprint density at radius 2 is 2.00 bits per heavy atom. The minimum atomic E-state index is -0.832. The number of amides is 1. The average molecular weight is 341 g/mol. The van der Waals surface area contributed by atoms with Gasteiger partial charge in [-0.05, 0) is 32.3 Å². The number of carboxylic acids is 1. The second kappa shape index (κ2) is 7.09. The van der Waals surface area contributed by atoms with Gasteiger partial charge in [0.2, 0.25) is 0 Å². The van der Waals surface area contributed by atoms with E-state index in [1.165, 1.54) is 0 Å². The number of hydrogen-bond donors (Lipinski definition) is 1. The van der Waals surface area contributed by atoms with Gasteiger partial charge < -0.3 is 10.0 Å². The Kier molecular flexibility index (Phi) is 4.88. The van der Waals surface area contributed by atoms with Gasteiger partial charge >= 0.3 is 5.97 Å². The van der Waals surface area contributed by atoms with Crippen LogP contribution in [0.5, 0.6) is 0 Å². The van der Waals surface area contributed by atoms with E-state index < -0.39 is 11.9 Å². The van der Waals surface area contributed by atoms with Crippen LogP contribution in [0.1, 0.15) is 41.4 Å². The van der Waals surface area contributed by atoms with Crippen molar-refractivity contribution in [3.05, 3.63) is 53.3 Å². The van der Waals surface area contributed by atoms with Crippen LogP contribution in [-0.4, -0.2) is 44.3 Å². The van der Waals surface area contributed by atoms with Crippen molar-refractivity contribution in [3.63, 3.8) is 0 Å². The first-order valence-corrected chi connectivity index (χ1v) is 8.59. The molecule has 1 amide bonds. The first-order valence-electron chi connectivity index (χ1n) is 8.59. The highest BCUT2D eigenvalue weighted by atomic mass is 16.4. The van der Waals surface area contributed by atoms with E-state index in [9.17, 15) is 14.7 Å². The number of nitrogens with zero attached hydrogens (tertiary/aromatic N) is 3. The highest BCUT2D eigenvalue weighted by Gasteiger charge is 2.36. The number of carbonyl (C=O) groups is 2. The lowest BCUT2D eigenvalue weighted by Gasteiger charge is -2.37. The maximum atomic E-state index is 12.9. The van der Waals surface area contributed by atoms with Gasteiger partial charge in [-0.25, -0.2) is 0 Å². The zero-order chi connectivity index (χ0) is 18.0. The van der Waals surface area contributed by atoms with Gasteiger partial charge in [0, 0.05) is 18.3 Å². The molecule has 1 fully saturated rings. The molecular weight excluding hydrogens is 318 g/mol. The Bertz CT molecular complexity index is 769. The van der Waals surface area contributed by atoms with Gasteiger partial charge in [0.05, 0.1) is 24.2 Å². The number of aliphatic carboxylic acids is 1. The molecule has 1 aromatic heterocycles. The second-order valence-corrected chi connectivity index (χ2v) is 6.61. The molecule has 0 radical (unpaired) electrons. The molecule has 0 aliphatic carbocycles. The predicted octanol–water partition coefficient (Wildman–Crippen LogP) is 2.57. The molecule has 2 heterocycles. The lowest BCUT2D eigenvalue weighted by molar-refractivity contribution is -0.144. The Morgan fingerprint density at radius 3 is 2.68 bits per heavy atom. The third-order valence-corrected chi connectivity index (χ3v) is 5.07. The molecule has 25 heavy (non-hydrogen) atoms. The molecule has 132 valence electrons.